The molecule has 1 saturated heterocycles. The van der Waals surface area contributed by atoms with Gasteiger partial charge in [0.25, 0.3) is 5.91 Å². The van der Waals surface area contributed by atoms with Crippen LogP contribution in [-0.2, 0) is 4.79 Å². The summed E-state index contributed by atoms with van der Waals surface area (Å²) in [5.41, 5.74) is 5.76. The molecule has 4 N–H and O–H groups in total. The first-order valence-electron chi connectivity index (χ1n) is 6.18. The molecule has 7 nitrogen and oxygen atoms in total. The zero-order valence-corrected chi connectivity index (χ0v) is 11.5. The van der Waals surface area contributed by atoms with E-state index in [-0.39, 0.29) is 24.2 Å². The molecule has 19 heavy (non-hydrogen) atoms. The molecule has 2 heterocycles. The lowest BCUT2D eigenvalue weighted by molar-refractivity contribution is -0.121. The van der Waals surface area contributed by atoms with E-state index >= 15 is 0 Å². The molecule has 0 unspecified atom stereocenters. The van der Waals surface area contributed by atoms with Crippen LogP contribution in [0.15, 0.2) is 0 Å². The Morgan fingerprint density at radius 3 is 3.16 bits per heavy atom. The number of nitrogens with zero attached hydrogens (tertiary/aromatic N) is 2. The Balaban J connectivity index is 2.15. The molecule has 104 valence electrons. The van der Waals surface area contributed by atoms with Gasteiger partial charge < -0.3 is 21.3 Å². The first kappa shape index (κ1) is 13.6. The summed E-state index contributed by atoms with van der Waals surface area (Å²) < 4.78 is 0. The van der Waals surface area contributed by atoms with E-state index in [1.54, 1.807) is 0 Å². The van der Waals surface area contributed by atoms with Crippen molar-refractivity contribution in [1.82, 2.24) is 15.2 Å². The predicted octanol–water partition coefficient (Wildman–Crippen LogP) is 0.119. The maximum Gasteiger partial charge on any atom is 0.268 e. The van der Waals surface area contributed by atoms with Crippen LogP contribution in [0.25, 0.3) is 0 Å². The monoisotopic (exact) mass is 283 g/mol. The highest BCUT2D eigenvalue weighted by atomic mass is 32.1. The summed E-state index contributed by atoms with van der Waals surface area (Å²) in [5, 5.41) is 6.38. The van der Waals surface area contributed by atoms with Crippen molar-refractivity contribution in [3.05, 3.63) is 4.88 Å². The van der Waals surface area contributed by atoms with Crippen LogP contribution in [0.5, 0.6) is 0 Å². The lowest BCUT2D eigenvalue weighted by atomic mass is 10.3. The van der Waals surface area contributed by atoms with Crippen LogP contribution in [0, 0.1) is 0 Å². The smallest absolute Gasteiger partial charge is 0.268 e. The minimum atomic E-state index is -0.226. The molecule has 1 fully saturated rings. The van der Waals surface area contributed by atoms with E-state index in [9.17, 15) is 9.59 Å². The van der Waals surface area contributed by atoms with Gasteiger partial charge in [-0.15, -0.1) is 0 Å². The van der Waals surface area contributed by atoms with Crippen molar-refractivity contribution < 1.29 is 9.59 Å². The first-order chi connectivity index (χ1) is 9.11. The third-order valence-electron chi connectivity index (χ3n) is 2.72. The number of anilines is 2. The van der Waals surface area contributed by atoms with E-state index in [2.05, 4.69) is 15.6 Å². The molecule has 0 radical (unpaired) electrons. The van der Waals surface area contributed by atoms with E-state index in [0.717, 1.165) is 6.42 Å². The Labute approximate surface area is 115 Å². The fraction of sp³-hybridized carbons (Fsp3) is 0.545. The SMILES string of the molecule is CCNc1nc(N)c(C(=O)N2CCCNC(=O)C2)s1. The Kier molecular flexibility index (Phi) is 4.20. The largest absolute Gasteiger partial charge is 0.382 e. The van der Waals surface area contributed by atoms with Gasteiger partial charge in [0, 0.05) is 19.6 Å². The van der Waals surface area contributed by atoms with Crippen LogP contribution in [0.2, 0.25) is 0 Å². The van der Waals surface area contributed by atoms with Gasteiger partial charge in [0.2, 0.25) is 5.91 Å². The highest BCUT2D eigenvalue weighted by Crippen LogP contribution is 2.26. The van der Waals surface area contributed by atoms with Crippen LogP contribution in [0.4, 0.5) is 10.9 Å². The average molecular weight is 283 g/mol. The van der Waals surface area contributed by atoms with E-state index in [1.165, 1.54) is 16.2 Å². The van der Waals surface area contributed by atoms with Gasteiger partial charge in [-0.1, -0.05) is 11.3 Å². The van der Waals surface area contributed by atoms with Gasteiger partial charge in [-0.05, 0) is 13.3 Å². The number of nitrogens with one attached hydrogen (secondary N) is 2. The van der Waals surface area contributed by atoms with Gasteiger partial charge in [0.15, 0.2) is 5.13 Å². The number of hydrogen-bond acceptors (Lipinski definition) is 6. The number of nitrogens with two attached hydrogens (primary N) is 1. The predicted molar refractivity (Wildman–Crippen MR) is 74.2 cm³/mol. The van der Waals surface area contributed by atoms with E-state index < -0.39 is 0 Å². The van der Waals surface area contributed by atoms with Crippen molar-refractivity contribution in [1.29, 1.82) is 0 Å². The van der Waals surface area contributed by atoms with Crippen LogP contribution in [0.1, 0.15) is 23.0 Å². The summed E-state index contributed by atoms with van der Waals surface area (Å²) in [5.74, 6) is -0.146. The van der Waals surface area contributed by atoms with Gasteiger partial charge >= 0.3 is 0 Å². The fourth-order valence-corrected chi connectivity index (χ4v) is 2.76. The maximum absolute atomic E-state index is 12.3. The molecule has 1 aromatic heterocycles. The summed E-state index contributed by atoms with van der Waals surface area (Å²) in [6.45, 7) is 3.88. The Morgan fingerprint density at radius 1 is 1.63 bits per heavy atom. The number of carbonyl (C=O) groups excluding carboxylic acids is 2. The fourth-order valence-electron chi connectivity index (χ4n) is 1.83. The minimum Gasteiger partial charge on any atom is -0.382 e. The van der Waals surface area contributed by atoms with Crippen molar-refractivity contribution in [2.24, 2.45) is 0 Å². The summed E-state index contributed by atoms with van der Waals surface area (Å²) in [6.07, 6.45) is 0.746. The molecule has 1 aliphatic heterocycles. The summed E-state index contributed by atoms with van der Waals surface area (Å²) >= 11 is 1.22. The molecule has 0 saturated carbocycles. The molecule has 1 aliphatic rings. The zero-order valence-electron chi connectivity index (χ0n) is 10.7. The van der Waals surface area contributed by atoms with Gasteiger partial charge in [-0.2, -0.15) is 0 Å². The maximum atomic E-state index is 12.3. The van der Waals surface area contributed by atoms with Crippen LogP contribution >= 0.6 is 11.3 Å². The first-order valence-corrected chi connectivity index (χ1v) is 6.99. The molecule has 8 heteroatoms. The van der Waals surface area contributed by atoms with E-state index in [1.807, 2.05) is 6.92 Å². The zero-order chi connectivity index (χ0) is 13.8. The number of hydrogen-bond donors (Lipinski definition) is 3. The highest BCUT2D eigenvalue weighted by Gasteiger charge is 2.25. The Morgan fingerprint density at radius 2 is 2.42 bits per heavy atom. The Hall–Kier alpha value is -1.83. The number of carbonyl (C=O) groups is 2. The van der Waals surface area contributed by atoms with Crippen molar-refractivity contribution >= 4 is 34.1 Å². The second-order valence-electron chi connectivity index (χ2n) is 4.19. The standard InChI is InChI=1S/C11H17N5O2S/c1-2-13-11-15-9(12)8(19-11)10(18)16-5-3-4-14-7(17)6-16/h2-6,12H2,1H3,(H,13,15)(H,14,17). The number of nitrogen functional groups attached to an aromatic ring is 1. The van der Waals surface area contributed by atoms with Crippen molar-refractivity contribution in [3.8, 4) is 0 Å². The quantitative estimate of drug-likeness (QED) is 0.731. The number of rotatable bonds is 3. The van der Waals surface area contributed by atoms with E-state index in [0.29, 0.717) is 29.6 Å². The van der Waals surface area contributed by atoms with E-state index in [4.69, 9.17) is 5.73 Å². The van der Waals surface area contributed by atoms with Crippen molar-refractivity contribution in [2.75, 3.05) is 37.2 Å². The second kappa shape index (κ2) is 5.87. The molecule has 2 rings (SSSR count). The summed E-state index contributed by atoms with van der Waals surface area (Å²) in [4.78, 5) is 29.8. The summed E-state index contributed by atoms with van der Waals surface area (Å²) in [6, 6.07) is 0. The Bertz CT molecular complexity index is 487. The van der Waals surface area contributed by atoms with Crippen molar-refractivity contribution in [2.45, 2.75) is 13.3 Å². The topological polar surface area (TPSA) is 100 Å². The average Bonchev–Trinajstić information content (AvgIpc) is 2.59. The highest BCUT2D eigenvalue weighted by molar-refractivity contribution is 7.18. The third kappa shape index (κ3) is 3.14. The van der Waals surface area contributed by atoms with Crippen LogP contribution in [-0.4, -0.2) is 47.9 Å². The molecule has 0 bridgehead atoms. The van der Waals surface area contributed by atoms with Crippen molar-refractivity contribution in [3.63, 3.8) is 0 Å². The number of amides is 2. The van der Waals surface area contributed by atoms with Gasteiger partial charge in [-0.25, -0.2) is 4.98 Å². The van der Waals surface area contributed by atoms with Gasteiger partial charge in [0.05, 0.1) is 6.54 Å². The van der Waals surface area contributed by atoms with Gasteiger partial charge in [0.1, 0.15) is 10.7 Å². The third-order valence-corrected chi connectivity index (χ3v) is 3.74. The lowest BCUT2D eigenvalue weighted by Crippen LogP contribution is -2.37. The molecular weight excluding hydrogens is 266 g/mol. The minimum absolute atomic E-state index is 0.0761. The number of thiazole rings is 1. The molecule has 2 amide bonds. The molecule has 1 aromatic rings. The van der Waals surface area contributed by atoms with Gasteiger partial charge in [-0.3, -0.25) is 9.59 Å². The number of aromatic nitrogens is 1. The summed E-state index contributed by atoms with van der Waals surface area (Å²) in [7, 11) is 0. The normalized spacial score (nSPS) is 15.8. The molecule has 0 aromatic carbocycles. The lowest BCUT2D eigenvalue weighted by Gasteiger charge is -2.17. The van der Waals surface area contributed by atoms with Crippen LogP contribution in [0.3, 0.4) is 0 Å². The molecule has 0 spiro atoms. The molecular formula is C11H17N5O2S. The second-order valence-corrected chi connectivity index (χ2v) is 5.19. The molecule has 0 atom stereocenters. The molecule has 0 aliphatic carbocycles. The van der Waals surface area contributed by atoms with Crippen LogP contribution < -0.4 is 16.4 Å².